The molecule has 288 valence electrons. The molecule has 3 aromatic rings. The second-order valence-electron chi connectivity index (χ2n) is 15.4. The van der Waals surface area contributed by atoms with E-state index in [-0.39, 0.29) is 0 Å². The van der Waals surface area contributed by atoms with E-state index in [4.69, 9.17) is 0 Å². The Morgan fingerprint density at radius 3 is 0.673 bits per heavy atom. The molecule has 0 fully saturated rings. The fourth-order valence-electron chi connectivity index (χ4n) is 3.28. The van der Waals surface area contributed by atoms with E-state index in [1.54, 1.807) is 0 Å². The minimum absolute atomic E-state index is 0.293. The van der Waals surface area contributed by atoms with Gasteiger partial charge in [0.2, 0.25) is 0 Å². The quantitative estimate of drug-likeness (QED) is 0.197. The van der Waals surface area contributed by atoms with E-state index in [1.165, 1.54) is 106 Å². The zero-order chi connectivity index (χ0) is 38.8. The standard InChI is InChI=1S/C10H8.C10H14.C6H14.3C5H12.2C4H10/c1-2-6-10-8-4-3-7-9(10)5-1;1-10(2,3)9-7-5-4-6-8-9;1-3-5-6-4-2;1-5(2,3)4;2*1-3-5-4-2;2*1-3-4-2/h1-8H;4-8H,1-3H3;3-6H2,1-2H3;1-4H3;2*3-5H2,1-2H3;2*3-4H2,1-2H3. The Labute approximate surface area is 312 Å². The maximum Gasteiger partial charge on any atom is -0.0132 e. The number of unbranched alkanes of at least 4 members (excludes halogenated alkanes) is 9. The second-order valence-corrected chi connectivity index (χ2v) is 15.4. The van der Waals surface area contributed by atoms with Crippen molar-refractivity contribution in [2.75, 3.05) is 0 Å². The van der Waals surface area contributed by atoms with Crippen molar-refractivity contribution in [2.24, 2.45) is 5.41 Å². The number of hydrogen-bond donors (Lipinski definition) is 0. The first-order valence-electron chi connectivity index (χ1n) is 20.6. The van der Waals surface area contributed by atoms with Crippen LogP contribution in [0.1, 0.15) is 213 Å². The van der Waals surface area contributed by atoms with E-state index in [0.29, 0.717) is 10.8 Å². The highest BCUT2D eigenvalue weighted by molar-refractivity contribution is 5.82. The average molecular weight is 681 g/mol. The Kier molecular flexibility index (Phi) is 50.5. The molecule has 0 nitrogen and oxygen atoms in total. The van der Waals surface area contributed by atoms with E-state index < -0.39 is 0 Å². The molecule has 0 aliphatic carbocycles. The lowest BCUT2D eigenvalue weighted by molar-refractivity contribution is 0.469. The zero-order valence-corrected chi connectivity index (χ0v) is 36.9. The van der Waals surface area contributed by atoms with Crippen molar-refractivity contribution in [1.29, 1.82) is 0 Å². The van der Waals surface area contributed by atoms with Crippen LogP contribution in [0.5, 0.6) is 0 Å². The summed E-state index contributed by atoms with van der Waals surface area (Å²) in [5.74, 6) is 0. The third kappa shape index (κ3) is 58.5. The molecule has 0 radical (unpaired) electrons. The van der Waals surface area contributed by atoms with Crippen molar-refractivity contribution >= 4 is 10.8 Å². The van der Waals surface area contributed by atoms with Crippen LogP contribution < -0.4 is 0 Å². The van der Waals surface area contributed by atoms with Gasteiger partial charge in [0.15, 0.2) is 0 Å². The molecule has 0 amide bonds. The largest absolute Gasteiger partial charge is 0.0654 e. The number of hydrogen-bond acceptors (Lipinski definition) is 0. The predicted octanol–water partition coefficient (Wildman–Crippen LogP) is 18.5. The average Bonchev–Trinajstić information content (AvgIpc) is 3.09. The molecule has 0 heteroatoms. The molecule has 0 spiro atoms. The monoisotopic (exact) mass is 681 g/mol. The van der Waals surface area contributed by atoms with Crippen molar-refractivity contribution in [1.82, 2.24) is 0 Å². The lowest BCUT2D eigenvalue weighted by Gasteiger charge is -2.18. The minimum Gasteiger partial charge on any atom is -0.0654 e. The lowest BCUT2D eigenvalue weighted by atomic mass is 9.87. The molecular weight excluding hydrogens is 589 g/mol. The topological polar surface area (TPSA) is 0 Å². The van der Waals surface area contributed by atoms with Crippen LogP contribution in [0.2, 0.25) is 0 Å². The Bertz CT molecular complexity index is 845. The first kappa shape index (κ1) is 56.3. The highest BCUT2D eigenvalue weighted by Gasteiger charge is 2.11. The summed E-state index contributed by atoms with van der Waals surface area (Å²) in [5, 5.41) is 2.62. The van der Waals surface area contributed by atoms with Crippen LogP contribution in [0.15, 0.2) is 78.9 Å². The van der Waals surface area contributed by atoms with Crippen LogP contribution >= 0.6 is 0 Å². The molecule has 0 unspecified atom stereocenters. The predicted molar refractivity (Wildman–Crippen MR) is 236 cm³/mol. The van der Waals surface area contributed by atoms with Crippen molar-refractivity contribution in [3.05, 3.63) is 84.4 Å². The summed E-state index contributed by atoms with van der Waals surface area (Å²) in [6.45, 7) is 37.5. The molecular formula is C49H92. The first-order chi connectivity index (χ1) is 23.1. The van der Waals surface area contributed by atoms with Gasteiger partial charge in [0.05, 0.1) is 0 Å². The Morgan fingerprint density at radius 1 is 0.306 bits per heavy atom. The molecule has 0 N–H and O–H groups in total. The zero-order valence-electron chi connectivity index (χ0n) is 36.9. The fraction of sp³-hybridized carbons (Fsp3) is 0.673. The van der Waals surface area contributed by atoms with Gasteiger partial charge in [-0.1, -0.05) is 286 Å². The summed E-state index contributed by atoms with van der Waals surface area (Å²) in [6, 6.07) is 27.3. The molecule has 0 saturated heterocycles. The normalized spacial score (nSPS) is 9.65. The molecule has 0 aliphatic heterocycles. The molecule has 0 bridgehead atoms. The molecule has 0 atom stereocenters. The van der Waals surface area contributed by atoms with E-state index in [2.05, 4.69) is 197 Å². The highest BCUT2D eigenvalue weighted by Crippen LogP contribution is 2.20. The first-order valence-corrected chi connectivity index (χ1v) is 20.6. The van der Waals surface area contributed by atoms with E-state index in [0.717, 1.165) is 0 Å². The van der Waals surface area contributed by atoms with Gasteiger partial charge in [-0.15, -0.1) is 0 Å². The van der Waals surface area contributed by atoms with Crippen LogP contribution in [0, 0.1) is 5.41 Å². The van der Waals surface area contributed by atoms with Crippen LogP contribution in [0.25, 0.3) is 10.8 Å². The van der Waals surface area contributed by atoms with Crippen molar-refractivity contribution in [3.63, 3.8) is 0 Å². The molecule has 3 rings (SSSR count). The lowest BCUT2D eigenvalue weighted by Crippen LogP contribution is -2.10. The maximum atomic E-state index is 2.23. The van der Waals surface area contributed by atoms with E-state index in [1.807, 2.05) is 0 Å². The fourth-order valence-corrected chi connectivity index (χ4v) is 3.28. The Morgan fingerprint density at radius 2 is 0.531 bits per heavy atom. The van der Waals surface area contributed by atoms with Gasteiger partial charge in [0, 0.05) is 0 Å². The van der Waals surface area contributed by atoms with Gasteiger partial charge in [-0.05, 0) is 27.2 Å². The third-order valence-electron chi connectivity index (χ3n) is 6.67. The number of benzene rings is 3. The molecule has 3 aromatic carbocycles. The minimum atomic E-state index is 0.293. The van der Waals surface area contributed by atoms with Crippen molar-refractivity contribution in [3.8, 4) is 0 Å². The maximum absolute atomic E-state index is 2.23. The summed E-state index contributed by atoms with van der Waals surface area (Å²) in [5.41, 5.74) is 2.19. The SMILES string of the molecule is CC(C)(C)C.CC(C)(C)c1ccccc1.CCCC.CCCC.CCCCC.CCCCC.CCCCCC.c1ccc2ccccc2c1. The molecule has 49 heavy (non-hydrogen) atoms. The summed E-state index contributed by atoms with van der Waals surface area (Å²) in [4.78, 5) is 0. The Balaban J connectivity index is -0.000000156. The summed E-state index contributed by atoms with van der Waals surface area (Å²) in [7, 11) is 0. The molecule has 0 saturated carbocycles. The van der Waals surface area contributed by atoms with Gasteiger partial charge >= 0.3 is 0 Å². The van der Waals surface area contributed by atoms with E-state index in [9.17, 15) is 0 Å². The summed E-state index contributed by atoms with van der Waals surface area (Å²) < 4.78 is 0. The molecule has 0 aromatic heterocycles. The number of fused-ring (bicyclic) bond motifs is 1. The van der Waals surface area contributed by atoms with Gasteiger partial charge < -0.3 is 0 Å². The van der Waals surface area contributed by atoms with Crippen LogP contribution in [0.4, 0.5) is 0 Å². The Hall–Kier alpha value is -2.08. The summed E-state index contributed by atoms with van der Waals surface area (Å²) >= 11 is 0. The van der Waals surface area contributed by atoms with Crippen LogP contribution in [-0.2, 0) is 5.41 Å². The highest BCUT2D eigenvalue weighted by atomic mass is 14.2. The third-order valence-corrected chi connectivity index (χ3v) is 6.67. The van der Waals surface area contributed by atoms with Crippen molar-refractivity contribution < 1.29 is 0 Å². The smallest absolute Gasteiger partial charge is 0.0132 e. The van der Waals surface area contributed by atoms with E-state index >= 15 is 0 Å². The second kappa shape index (κ2) is 43.9. The van der Waals surface area contributed by atoms with Gasteiger partial charge in [0.25, 0.3) is 0 Å². The van der Waals surface area contributed by atoms with Gasteiger partial charge in [-0.2, -0.15) is 0 Å². The van der Waals surface area contributed by atoms with Crippen LogP contribution in [-0.4, -0.2) is 0 Å². The molecule has 0 aliphatic rings. The number of rotatable bonds is 9. The van der Waals surface area contributed by atoms with Gasteiger partial charge in [-0.3, -0.25) is 0 Å². The summed E-state index contributed by atoms with van der Waals surface area (Å²) in [6.07, 6.45) is 19.0. The molecule has 0 heterocycles. The van der Waals surface area contributed by atoms with Crippen molar-refractivity contribution in [2.45, 2.75) is 213 Å². The van der Waals surface area contributed by atoms with Gasteiger partial charge in [-0.25, -0.2) is 0 Å². The van der Waals surface area contributed by atoms with Crippen LogP contribution in [0.3, 0.4) is 0 Å². The van der Waals surface area contributed by atoms with Gasteiger partial charge in [0.1, 0.15) is 0 Å².